The molecule has 4 rings (SSSR count). The Morgan fingerprint density at radius 3 is 2.78 bits per heavy atom. The summed E-state index contributed by atoms with van der Waals surface area (Å²) in [7, 11) is 1.85. The van der Waals surface area contributed by atoms with Crippen LogP contribution in [0.4, 0.5) is 10.6 Å². The number of likely N-dealkylation sites (N-methyl/N-ethyl adjacent to an activating group) is 1. The van der Waals surface area contributed by atoms with Crippen molar-refractivity contribution in [3.8, 4) is 0 Å². The molecule has 1 atom stereocenters. The molecule has 0 aromatic carbocycles. The normalized spacial score (nSPS) is 19.6. The Morgan fingerprint density at radius 2 is 2.11 bits per heavy atom. The fraction of sp³-hybridized carbons (Fsp3) is 0.667. The number of aromatic nitrogens is 4. The molecule has 2 aromatic heterocycles. The predicted molar refractivity (Wildman–Crippen MR) is 102 cm³/mol. The smallest absolute Gasteiger partial charge is 0.317 e. The Labute approximate surface area is 158 Å². The summed E-state index contributed by atoms with van der Waals surface area (Å²) >= 11 is 0. The van der Waals surface area contributed by atoms with Crippen molar-refractivity contribution in [1.29, 1.82) is 0 Å². The third-order valence-electron chi connectivity index (χ3n) is 5.93. The first-order valence-electron chi connectivity index (χ1n) is 9.61. The van der Waals surface area contributed by atoms with E-state index >= 15 is 0 Å². The van der Waals surface area contributed by atoms with Gasteiger partial charge in [0.15, 0.2) is 17.0 Å². The number of aliphatic hydroxyl groups excluding tert-OH is 1. The van der Waals surface area contributed by atoms with Crippen molar-refractivity contribution in [2.24, 2.45) is 5.92 Å². The first-order chi connectivity index (χ1) is 13.1. The van der Waals surface area contributed by atoms with Gasteiger partial charge >= 0.3 is 6.03 Å². The molecule has 4 heterocycles. The van der Waals surface area contributed by atoms with Gasteiger partial charge in [-0.25, -0.2) is 19.7 Å². The maximum absolute atomic E-state index is 11.8. The van der Waals surface area contributed by atoms with Crippen LogP contribution in [0.3, 0.4) is 0 Å². The highest BCUT2D eigenvalue weighted by atomic mass is 16.3. The second-order valence-corrected chi connectivity index (χ2v) is 7.73. The van der Waals surface area contributed by atoms with Gasteiger partial charge in [-0.3, -0.25) is 0 Å². The molecule has 2 N–H and O–H groups in total. The zero-order valence-corrected chi connectivity index (χ0v) is 15.9. The van der Waals surface area contributed by atoms with Crippen LogP contribution in [0.15, 0.2) is 12.7 Å². The van der Waals surface area contributed by atoms with Crippen LogP contribution in [0.1, 0.15) is 26.2 Å². The van der Waals surface area contributed by atoms with Crippen molar-refractivity contribution in [2.75, 3.05) is 38.2 Å². The van der Waals surface area contributed by atoms with Crippen LogP contribution in [0, 0.1) is 5.92 Å². The quantitative estimate of drug-likeness (QED) is 0.746. The number of nitrogens with zero attached hydrogens (tertiary/aromatic N) is 6. The van der Waals surface area contributed by atoms with E-state index in [-0.39, 0.29) is 18.2 Å². The molecule has 2 aromatic rings. The molecule has 9 heteroatoms. The lowest BCUT2D eigenvalue weighted by atomic mass is 9.89. The number of amides is 2. The van der Waals surface area contributed by atoms with E-state index in [1.165, 1.54) is 0 Å². The highest BCUT2D eigenvalue weighted by Crippen LogP contribution is 2.35. The molecule has 146 valence electrons. The topological polar surface area (TPSA) is 99.4 Å². The lowest BCUT2D eigenvalue weighted by Gasteiger charge is -2.50. The molecule has 2 aliphatic heterocycles. The van der Waals surface area contributed by atoms with Gasteiger partial charge in [-0.1, -0.05) is 13.3 Å². The first kappa shape index (κ1) is 18.0. The molecule has 9 nitrogen and oxygen atoms in total. The average molecular weight is 373 g/mol. The van der Waals surface area contributed by atoms with Crippen LogP contribution < -0.4 is 10.2 Å². The van der Waals surface area contributed by atoms with Gasteiger partial charge in [0.25, 0.3) is 0 Å². The summed E-state index contributed by atoms with van der Waals surface area (Å²) in [6.07, 6.45) is 6.36. The number of imidazole rings is 1. The predicted octanol–water partition coefficient (Wildman–Crippen LogP) is 0.839. The SMILES string of the molecule is CCCC(CCO)Cn1cnc2c(N3CC4(CNC(=O)N4C)C3)ncnc21. The summed E-state index contributed by atoms with van der Waals surface area (Å²) in [6.45, 7) is 5.31. The molecule has 0 aliphatic carbocycles. The lowest BCUT2D eigenvalue weighted by Crippen LogP contribution is -2.69. The van der Waals surface area contributed by atoms with Crippen LogP contribution in [-0.4, -0.2) is 74.4 Å². The van der Waals surface area contributed by atoms with Crippen molar-refractivity contribution in [1.82, 2.24) is 29.7 Å². The largest absolute Gasteiger partial charge is 0.396 e. The van der Waals surface area contributed by atoms with Crippen LogP contribution in [0.5, 0.6) is 0 Å². The van der Waals surface area contributed by atoms with Crippen molar-refractivity contribution in [3.05, 3.63) is 12.7 Å². The summed E-state index contributed by atoms with van der Waals surface area (Å²) in [5.41, 5.74) is 1.48. The summed E-state index contributed by atoms with van der Waals surface area (Å²) in [5.74, 6) is 1.23. The van der Waals surface area contributed by atoms with Gasteiger partial charge in [0.05, 0.1) is 11.9 Å². The Morgan fingerprint density at radius 1 is 1.30 bits per heavy atom. The third kappa shape index (κ3) is 2.99. The maximum Gasteiger partial charge on any atom is 0.317 e. The molecule has 0 radical (unpaired) electrons. The summed E-state index contributed by atoms with van der Waals surface area (Å²) in [5, 5.41) is 12.2. The average Bonchev–Trinajstić information content (AvgIpc) is 3.16. The van der Waals surface area contributed by atoms with Crippen molar-refractivity contribution < 1.29 is 9.90 Å². The Hall–Kier alpha value is -2.42. The standard InChI is InChI=1S/C18H27N7O2/c1-3-4-13(5-6-26)7-24-12-22-14-15(24)20-11-21-16(14)25-9-18(10-25)8-19-17(27)23(18)2/h11-13,26H,3-10H2,1-2H3,(H,19,27). The fourth-order valence-corrected chi connectivity index (χ4v) is 4.26. The molecular weight excluding hydrogens is 346 g/mol. The Balaban J connectivity index is 1.54. The molecule has 0 saturated carbocycles. The number of hydrogen-bond donors (Lipinski definition) is 2. The van der Waals surface area contributed by atoms with Gasteiger partial charge in [-0.15, -0.1) is 0 Å². The minimum Gasteiger partial charge on any atom is -0.396 e. The lowest BCUT2D eigenvalue weighted by molar-refractivity contribution is 0.151. The molecule has 2 amide bonds. The van der Waals surface area contributed by atoms with Crippen molar-refractivity contribution >= 4 is 23.0 Å². The number of urea groups is 1. The van der Waals surface area contributed by atoms with E-state index < -0.39 is 0 Å². The van der Waals surface area contributed by atoms with Crippen molar-refractivity contribution in [3.63, 3.8) is 0 Å². The first-order valence-corrected chi connectivity index (χ1v) is 9.61. The highest BCUT2D eigenvalue weighted by molar-refractivity contribution is 5.85. The monoisotopic (exact) mass is 373 g/mol. The van der Waals surface area contributed by atoms with E-state index in [2.05, 4.69) is 36.7 Å². The van der Waals surface area contributed by atoms with Gasteiger partial charge in [0.2, 0.25) is 0 Å². The summed E-state index contributed by atoms with van der Waals surface area (Å²) in [4.78, 5) is 29.3. The Kier molecular flexibility index (Phi) is 4.63. The number of fused-ring (bicyclic) bond motifs is 1. The second-order valence-electron chi connectivity index (χ2n) is 7.73. The number of anilines is 1. The van der Waals surface area contributed by atoms with E-state index in [1.807, 2.05) is 13.4 Å². The van der Waals surface area contributed by atoms with Crippen molar-refractivity contribution in [2.45, 2.75) is 38.3 Å². The van der Waals surface area contributed by atoms with Gasteiger partial charge in [-0.05, 0) is 18.8 Å². The number of hydrogen-bond acceptors (Lipinski definition) is 6. The van der Waals surface area contributed by atoms with E-state index in [0.29, 0.717) is 12.5 Å². The molecule has 2 aliphatic rings. The maximum atomic E-state index is 11.8. The number of nitrogens with one attached hydrogen (secondary N) is 1. The third-order valence-corrected chi connectivity index (χ3v) is 5.93. The molecular formula is C18H27N7O2. The number of carbonyl (C=O) groups is 1. The van der Waals surface area contributed by atoms with Crippen LogP contribution in [0.2, 0.25) is 0 Å². The zero-order chi connectivity index (χ0) is 19.0. The molecule has 2 fully saturated rings. The molecule has 1 spiro atoms. The zero-order valence-electron chi connectivity index (χ0n) is 15.9. The van der Waals surface area contributed by atoms with E-state index in [9.17, 15) is 9.90 Å². The van der Waals surface area contributed by atoms with Crippen LogP contribution in [-0.2, 0) is 6.54 Å². The molecule has 0 bridgehead atoms. The summed E-state index contributed by atoms with van der Waals surface area (Å²) < 4.78 is 2.07. The minimum atomic E-state index is -0.149. The van der Waals surface area contributed by atoms with Gasteiger partial charge in [-0.2, -0.15) is 0 Å². The number of rotatable bonds is 7. The van der Waals surface area contributed by atoms with Gasteiger partial charge in [0.1, 0.15) is 6.33 Å². The number of carbonyl (C=O) groups excluding carboxylic acids is 1. The van der Waals surface area contributed by atoms with Crippen LogP contribution >= 0.6 is 0 Å². The molecule has 2 saturated heterocycles. The highest BCUT2D eigenvalue weighted by Gasteiger charge is 2.52. The molecule has 27 heavy (non-hydrogen) atoms. The minimum absolute atomic E-state index is 0.0161. The van der Waals surface area contributed by atoms with E-state index in [4.69, 9.17) is 0 Å². The van der Waals surface area contributed by atoms with Gasteiger partial charge in [0, 0.05) is 39.8 Å². The fourth-order valence-electron chi connectivity index (χ4n) is 4.26. The van der Waals surface area contributed by atoms with Gasteiger partial charge < -0.3 is 24.8 Å². The molecule has 1 unspecified atom stereocenters. The van der Waals surface area contributed by atoms with E-state index in [1.54, 1.807) is 11.2 Å². The summed E-state index contributed by atoms with van der Waals surface area (Å²) in [6, 6.07) is -0.0161. The second kappa shape index (κ2) is 6.95. The van der Waals surface area contributed by atoms with E-state index in [0.717, 1.165) is 55.9 Å². The Bertz CT molecular complexity index is 824. The number of aliphatic hydroxyl groups is 1. The van der Waals surface area contributed by atoms with Crippen LogP contribution in [0.25, 0.3) is 11.2 Å².